The summed E-state index contributed by atoms with van der Waals surface area (Å²) in [4.78, 5) is 27.0. The van der Waals surface area contributed by atoms with E-state index in [0.717, 1.165) is 17.1 Å². The molecule has 1 aromatic heterocycles. The third-order valence-electron chi connectivity index (χ3n) is 3.17. The fourth-order valence-corrected chi connectivity index (χ4v) is 2.84. The summed E-state index contributed by atoms with van der Waals surface area (Å²) >= 11 is 1.62. The van der Waals surface area contributed by atoms with Gasteiger partial charge in [0.15, 0.2) is 6.10 Å². The molecule has 1 amide bonds. The maximum absolute atomic E-state index is 11.8. The Hall–Kier alpha value is -1.47. The van der Waals surface area contributed by atoms with Crippen LogP contribution in [0.2, 0.25) is 0 Å². The molecule has 7 heteroatoms. The number of nitrogens with one attached hydrogen (secondary N) is 1. The molecular formula is C13H18N2O4S. The molecule has 1 fully saturated rings. The average molecular weight is 298 g/mol. The highest BCUT2D eigenvalue weighted by Gasteiger charge is 2.34. The minimum absolute atomic E-state index is 0.236. The highest BCUT2D eigenvalue weighted by molar-refractivity contribution is 7.09. The van der Waals surface area contributed by atoms with Crippen molar-refractivity contribution in [1.29, 1.82) is 0 Å². The van der Waals surface area contributed by atoms with Gasteiger partial charge in [0, 0.05) is 18.3 Å². The van der Waals surface area contributed by atoms with Gasteiger partial charge in [-0.05, 0) is 19.3 Å². The normalized spacial score (nSPS) is 21.9. The number of carboxylic acids is 1. The van der Waals surface area contributed by atoms with E-state index in [9.17, 15) is 9.59 Å². The molecule has 110 valence electrons. The largest absolute Gasteiger partial charge is 0.479 e. The Bertz CT molecular complexity index is 488. The maximum Gasteiger partial charge on any atom is 0.332 e. The summed E-state index contributed by atoms with van der Waals surface area (Å²) in [6.07, 6.45) is 0.953. The summed E-state index contributed by atoms with van der Waals surface area (Å²) in [7, 11) is 0. The number of aromatic nitrogens is 1. The van der Waals surface area contributed by atoms with Crippen LogP contribution in [-0.2, 0) is 27.2 Å². The fraction of sp³-hybridized carbons (Fsp3) is 0.615. The van der Waals surface area contributed by atoms with Gasteiger partial charge < -0.3 is 15.2 Å². The van der Waals surface area contributed by atoms with Gasteiger partial charge in [-0.25, -0.2) is 9.78 Å². The highest BCUT2D eigenvalue weighted by atomic mass is 32.1. The monoisotopic (exact) mass is 298 g/mol. The van der Waals surface area contributed by atoms with E-state index in [1.807, 2.05) is 5.38 Å². The smallest absolute Gasteiger partial charge is 0.332 e. The molecule has 0 aliphatic carbocycles. The van der Waals surface area contributed by atoms with Crippen LogP contribution in [0.15, 0.2) is 5.38 Å². The van der Waals surface area contributed by atoms with Crippen LogP contribution in [0.25, 0.3) is 0 Å². The quantitative estimate of drug-likeness (QED) is 0.818. The van der Waals surface area contributed by atoms with Gasteiger partial charge in [0.1, 0.15) is 6.10 Å². The van der Waals surface area contributed by atoms with Crippen molar-refractivity contribution in [2.45, 2.75) is 44.8 Å². The van der Waals surface area contributed by atoms with Crippen molar-refractivity contribution in [1.82, 2.24) is 10.3 Å². The number of ether oxygens (including phenoxy) is 1. The molecule has 2 heterocycles. The van der Waals surface area contributed by atoms with Crippen molar-refractivity contribution in [3.63, 3.8) is 0 Å². The van der Waals surface area contributed by atoms with Gasteiger partial charge in [0.2, 0.25) is 5.91 Å². The van der Waals surface area contributed by atoms with Gasteiger partial charge >= 0.3 is 5.97 Å². The minimum Gasteiger partial charge on any atom is -0.479 e. The number of hydrogen-bond acceptors (Lipinski definition) is 5. The number of aryl methyl sites for hydroxylation is 1. The molecule has 0 unspecified atom stereocenters. The first kappa shape index (κ1) is 14.9. The van der Waals surface area contributed by atoms with Gasteiger partial charge in [-0.1, -0.05) is 6.92 Å². The van der Waals surface area contributed by atoms with Gasteiger partial charge in [0.25, 0.3) is 0 Å². The Balaban J connectivity index is 1.71. The molecule has 20 heavy (non-hydrogen) atoms. The lowest BCUT2D eigenvalue weighted by Gasteiger charge is -2.11. The lowest BCUT2D eigenvalue weighted by atomic mass is 10.2. The first-order valence-corrected chi connectivity index (χ1v) is 7.57. The number of nitrogens with zero attached hydrogens (tertiary/aromatic N) is 1. The van der Waals surface area contributed by atoms with E-state index in [1.54, 1.807) is 11.3 Å². The molecule has 1 aromatic rings. The second-order valence-corrected chi connectivity index (χ2v) is 5.60. The molecule has 0 spiro atoms. The average Bonchev–Trinajstić information content (AvgIpc) is 3.07. The lowest BCUT2D eigenvalue weighted by molar-refractivity contribution is -0.151. The topological polar surface area (TPSA) is 88.5 Å². The van der Waals surface area contributed by atoms with Crippen LogP contribution in [-0.4, -0.2) is 40.7 Å². The number of carbonyl (C=O) groups excluding carboxylic acids is 1. The molecule has 1 aliphatic heterocycles. The summed E-state index contributed by atoms with van der Waals surface area (Å²) in [6.45, 7) is 2.55. The van der Waals surface area contributed by atoms with Crippen molar-refractivity contribution in [3.05, 3.63) is 16.1 Å². The first-order valence-electron chi connectivity index (χ1n) is 6.69. The highest BCUT2D eigenvalue weighted by Crippen LogP contribution is 2.19. The van der Waals surface area contributed by atoms with Crippen LogP contribution >= 0.6 is 11.3 Å². The van der Waals surface area contributed by atoms with E-state index in [2.05, 4.69) is 17.2 Å². The van der Waals surface area contributed by atoms with E-state index >= 15 is 0 Å². The van der Waals surface area contributed by atoms with Crippen LogP contribution in [0.1, 0.15) is 30.5 Å². The fourth-order valence-electron chi connectivity index (χ4n) is 2.07. The van der Waals surface area contributed by atoms with Crippen molar-refractivity contribution in [2.24, 2.45) is 0 Å². The minimum atomic E-state index is -1.00. The standard InChI is InChI=1S/C13H18N2O4S/c1-2-11-15-8(7-20-11)5-6-14-12(16)9-3-4-10(19-9)13(17)18/h7,9-10H,2-6H2,1H3,(H,14,16)(H,17,18)/t9-,10+/m0/s1. The molecule has 1 aliphatic rings. The number of carbonyl (C=O) groups is 2. The zero-order chi connectivity index (χ0) is 14.5. The number of thiazole rings is 1. The summed E-state index contributed by atoms with van der Waals surface area (Å²) in [5, 5.41) is 14.7. The number of rotatable bonds is 6. The van der Waals surface area contributed by atoms with Crippen molar-refractivity contribution >= 4 is 23.2 Å². The molecule has 0 saturated carbocycles. The number of hydrogen-bond donors (Lipinski definition) is 2. The van der Waals surface area contributed by atoms with Crippen molar-refractivity contribution in [2.75, 3.05) is 6.54 Å². The van der Waals surface area contributed by atoms with Crippen LogP contribution in [0, 0.1) is 0 Å². The van der Waals surface area contributed by atoms with E-state index < -0.39 is 18.2 Å². The van der Waals surface area contributed by atoms with Crippen molar-refractivity contribution in [3.8, 4) is 0 Å². The zero-order valence-electron chi connectivity index (χ0n) is 11.3. The lowest BCUT2D eigenvalue weighted by Crippen LogP contribution is -2.36. The molecule has 2 N–H and O–H groups in total. The number of aliphatic carboxylic acids is 1. The number of amides is 1. The predicted molar refractivity (Wildman–Crippen MR) is 73.7 cm³/mol. The van der Waals surface area contributed by atoms with Crippen LogP contribution < -0.4 is 5.32 Å². The Labute approximate surface area is 121 Å². The van der Waals surface area contributed by atoms with Gasteiger partial charge in [-0.2, -0.15) is 0 Å². The Morgan fingerprint density at radius 1 is 1.50 bits per heavy atom. The zero-order valence-corrected chi connectivity index (χ0v) is 12.1. The van der Waals surface area contributed by atoms with Gasteiger partial charge in [-0.15, -0.1) is 11.3 Å². The summed E-state index contributed by atoms with van der Waals surface area (Å²) in [6, 6.07) is 0. The van der Waals surface area contributed by atoms with E-state index in [0.29, 0.717) is 25.8 Å². The van der Waals surface area contributed by atoms with E-state index in [1.165, 1.54) is 0 Å². The maximum atomic E-state index is 11.8. The second kappa shape index (κ2) is 6.81. The van der Waals surface area contributed by atoms with Crippen LogP contribution in [0.3, 0.4) is 0 Å². The van der Waals surface area contributed by atoms with E-state index in [4.69, 9.17) is 9.84 Å². The molecule has 2 atom stereocenters. The molecule has 0 radical (unpaired) electrons. The molecular weight excluding hydrogens is 280 g/mol. The summed E-state index contributed by atoms with van der Waals surface area (Å²) < 4.78 is 5.18. The molecule has 6 nitrogen and oxygen atoms in total. The van der Waals surface area contributed by atoms with Crippen LogP contribution in [0.5, 0.6) is 0 Å². The van der Waals surface area contributed by atoms with Crippen LogP contribution in [0.4, 0.5) is 0 Å². The second-order valence-electron chi connectivity index (χ2n) is 4.66. The van der Waals surface area contributed by atoms with E-state index in [-0.39, 0.29) is 5.91 Å². The SMILES string of the molecule is CCc1nc(CCNC(=O)[C@@H]2CC[C@H](C(=O)O)O2)cs1. The first-order chi connectivity index (χ1) is 9.60. The molecule has 0 aromatic carbocycles. The molecule has 1 saturated heterocycles. The Morgan fingerprint density at radius 2 is 2.25 bits per heavy atom. The van der Waals surface area contributed by atoms with Gasteiger partial charge in [0.05, 0.1) is 10.7 Å². The Morgan fingerprint density at radius 3 is 2.85 bits per heavy atom. The summed E-state index contributed by atoms with van der Waals surface area (Å²) in [5.41, 5.74) is 0.975. The molecule has 0 bridgehead atoms. The third-order valence-corrected chi connectivity index (χ3v) is 4.21. The summed E-state index contributed by atoms with van der Waals surface area (Å²) in [5.74, 6) is -1.24. The van der Waals surface area contributed by atoms with Crippen molar-refractivity contribution < 1.29 is 19.4 Å². The Kier molecular flexibility index (Phi) is 5.08. The third kappa shape index (κ3) is 3.77. The van der Waals surface area contributed by atoms with Gasteiger partial charge in [-0.3, -0.25) is 4.79 Å². The number of carboxylic acid groups (broad SMARTS) is 1. The molecule has 2 rings (SSSR count). The predicted octanol–water partition coefficient (Wildman–Crippen LogP) is 0.996.